The first-order chi connectivity index (χ1) is 9.93. The predicted octanol–water partition coefficient (Wildman–Crippen LogP) is 3.69. The fourth-order valence-corrected chi connectivity index (χ4v) is 1.87. The molecule has 5 heteroatoms. The van der Waals surface area contributed by atoms with Crippen molar-refractivity contribution in [2.24, 2.45) is 0 Å². The third-order valence-corrected chi connectivity index (χ3v) is 2.87. The standard InChI is InChI=1S/C16H23NO4/c1-4-5-6-7-15(18)17-13-10-12(16(19)20)8-9-14(13)21-11(2)3/h8-11H,4-7H2,1-3H3,(H,17,18)(H,19,20). The minimum atomic E-state index is -1.03. The van der Waals surface area contributed by atoms with Crippen LogP contribution in [-0.4, -0.2) is 23.1 Å². The Morgan fingerprint density at radius 2 is 2.00 bits per heavy atom. The monoisotopic (exact) mass is 293 g/mol. The van der Waals surface area contributed by atoms with E-state index in [0.29, 0.717) is 17.9 Å². The van der Waals surface area contributed by atoms with E-state index in [0.717, 1.165) is 19.3 Å². The second-order valence-electron chi connectivity index (χ2n) is 5.19. The van der Waals surface area contributed by atoms with Crippen molar-refractivity contribution in [2.45, 2.75) is 52.6 Å². The number of hydrogen-bond donors (Lipinski definition) is 2. The molecule has 0 atom stereocenters. The second kappa shape index (κ2) is 8.29. The van der Waals surface area contributed by atoms with E-state index in [4.69, 9.17) is 9.84 Å². The topological polar surface area (TPSA) is 75.6 Å². The normalized spacial score (nSPS) is 10.5. The average Bonchev–Trinajstić information content (AvgIpc) is 2.40. The molecular formula is C16H23NO4. The van der Waals surface area contributed by atoms with Gasteiger partial charge in [-0.1, -0.05) is 19.8 Å². The molecule has 1 aromatic rings. The van der Waals surface area contributed by atoms with Crippen molar-refractivity contribution in [1.29, 1.82) is 0 Å². The first-order valence-electron chi connectivity index (χ1n) is 7.28. The number of carboxylic acid groups (broad SMARTS) is 1. The van der Waals surface area contributed by atoms with E-state index >= 15 is 0 Å². The molecule has 0 spiro atoms. The zero-order valence-electron chi connectivity index (χ0n) is 12.8. The summed E-state index contributed by atoms with van der Waals surface area (Å²) in [6, 6.07) is 4.47. The molecule has 0 saturated heterocycles. The molecule has 0 bridgehead atoms. The van der Waals surface area contributed by atoms with Gasteiger partial charge in [-0.3, -0.25) is 4.79 Å². The van der Waals surface area contributed by atoms with Gasteiger partial charge in [0.05, 0.1) is 17.4 Å². The van der Waals surface area contributed by atoms with Crippen LogP contribution in [0.4, 0.5) is 5.69 Å². The smallest absolute Gasteiger partial charge is 0.335 e. The summed E-state index contributed by atoms with van der Waals surface area (Å²) in [4.78, 5) is 22.9. The number of amides is 1. The van der Waals surface area contributed by atoms with Crippen LogP contribution in [0.3, 0.4) is 0 Å². The molecular weight excluding hydrogens is 270 g/mol. The van der Waals surface area contributed by atoms with Crippen molar-refractivity contribution in [2.75, 3.05) is 5.32 Å². The molecule has 0 heterocycles. The molecule has 1 aromatic carbocycles. The van der Waals surface area contributed by atoms with Crippen molar-refractivity contribution in [1.82, 2.24) is 0 Å². The number of benzene rings is 1. The molecule has 0 radical (unpaired) electrons. The number of carbonyl (C=O) groups is 2. The Morgan fingerprint density at radius 3 is 2.57 bits per heavy atom. The van der Waals surface area contributed by atoms with Crippen LogP contribution >= 0.6 is 0 Å². The number of aromatic carboxylic acids is 1. The summed E-state index contributed by atoms with van der Waals surface area (Å²) in [6.07, 6.45) is 3.23. The minimum absolute atomic E-state index is 0.0589. The summed E-state index contributed by atoms with van der Waals surface area (Å²) in [5.41, 5.74) is 0.528. The van der Waals surface area contributed by atoms with Crippen molar-refractivity contribution in [3.8, 4) is 5.75 Å². The van der Waals surface area contributed by atoms with Gasteiger partial charge >= 0.3 is 5.97 Å². The largest absolute Gasteiger partial charge is 0.489 e. The van der Waals surface area contributed by atoms with E-state index in [9.17, 15) is 9.59 Å². The highest BCUT2D eigenvalue weighted by Crippen LogP contribution is 2.27. The molecule has 116 valence electrons. The van der Waals surface area contributed by atoms with E-state index in [1.165, 1.54) is 12.1 Å². The zero-order chi connectivity index (χ0) is 15.8. The Labute approximate surface area is 125 Å². The van der Waals surface area contributed by atoms with Crippen LogP contribution in [0, 0.1) is 0 Å². The number of hydrogen-bond acceptors (Lipinski definition) is 3. The number of nitrogens with one attached hydrogen (secondary N) is 1. The molecule has 0 saturated carbocycles. The van der Waals surface area contributed by atoms with Crippen molar-refractivity contribution < 1.29 is 19.4 Å². The summed E-state index contributed by atoms with van der Waals surface area (Å²) in [5.74, 6) is -0.675. The highest BCUT2D eigenvalue weighted by Gasteiger charge is 2.13. The van der Waals surface area contributed by atoms with E-state index in [1.807, 2.05) is 13.8 Å². The summed E-state index contributed by atoms with van der Waals surface area (Å²) < 4.78 is 5.60. The van der Waals surface area contributed by atoms with Gasteiger partial charge in [0.2, 0.25) is 5.91 Å². The van der Waals surface area contributed by atoms with Crippen LogP contribution in [0.25, 0.3) is 0 Å². The number of anilines is 1. The molecule has 0 fully saturated rings. The lowest BCUT2D eigenvalue weighted by Crippen LogP contribution is -2.15. The maximum Gasteiger partial charge on any atom is 0.335 e. The number of carbonyl (C=O) groups excluding carboxylic acids is 1. The van der Waals surface area contributed by atoms with E-state index in [2.05, 4.69) is 12.2 Å². The molecule has 0 aromatic heterocycles. The number of rotatable bonds is 8. The molecule has 0 aliphatic heterocycles. The van der Waals surface area contributed by atoms with Crippen LogP contribution < -0.4 is 10.1 Å². The third kappa shape index (κ3) is 5.85. The molecule has 21 heavy (non-hydrogen) atoms. The van der Waals surface area contributed by atoms with Crippen molar-refractivity contribution >= 4 is 17.6 Å². The molecule has 0 aliphatic carbocycles. The molecule has 0 aliphatic rings. The van der Waals surface area contributed by atoms with E-state index in [-0.39, 0.29) is 17.6 Å². The Morgan fingerprint density at radius 1 is 1.29 bits per heavy atom. The molecule has 0 unspecified atom stereocenters. The lowest BCUT2D eigenvalue weighted by Gasteiger charge is -2.15. The predicted molar refractivity (Wildman–Crippen MR) is 81.9 cm³/mol. The second-order valence-corrected chi connectivity index (χ2v) is 5.19. The number of ether oxygens (including phenoxy) is 1. The number of unbranched alkanes of at least 4 members (excludes halogenated alkanes) is 2. The lowest BCUT2D eigenvalue weighted by molar-refractivity contribution is -0.116. The van der Waals surface area contributed by atoms with Gasteiger partial charge in [0.1, 0.15) is 5.75 Å². The maximum absolute atomic E-state index is 11.9. The summed E-state index contributed by atoms with van der Waals surface area (Å²) >= 11 is 0. The molecule has 5 nitrogen and oxygen atoms in total. The SMILES string of the molecule is CCCCCC(=O)Nc1cc(C(=O)O)ccc1OC(C)C. The van der Waals surface area contributed by atoms with Gasteiger partial charge < -0.3 is 15.2 Å². The van der Waals surface area contributed by atoms with E-state index in [1.54, 1.807) is 6.07 Å². The van der Waals surface area contributed by atoms with Gasteiger partial charge in [0.25, 0.3) is 0 Å². The van der Waals surface area contributed by atoms with Gasteiger partial charge in [-0.15, -0.1) is 0 Å². The van der Waals surface area contributed by atoms with Crippen LogP contribution in [-0.2, 0) is 4.79 Å². The lowest BCUT2D eigenvalue weighted by atomic mass is 10.1. The van der Waals surface area contributed by atoms with Gasteiger partial charge in [-0.05, 0) is 38.5 Å². The summed E-state index contributed by atoms with van der Waals surface area (Å²) in [7, 11) is 0. The number of carboxylic acids is 1. The van der Waals surface area contributed by atoms with Crippen LogP contribution in [0.1, 0.15) is 56.8 Å². The van der Waals surface area contributed by atoms with Gasteiger partial charge in [0.15, 0.2) is 0 Å². The molecule has 1 amide bonds. The van der Waals surface area contributed by atoms with Gasteiger partial charge in [0, 0.05) is 6.42 Å². The van der Waals surface area contributed by atoms with Crippen LogP contribution in [0.15, 0.2) is 18.2 Å². The minimum Gasteiger partial charge on any atom is -0.489 e. The summed E-state index contributed by atoms with van der Waals surface area (Å²) in [5, 5.41) is 11.8. The van der Waals surface area contributed by atoms with Crippen molar-refractivity contribution in [3.05, 3.63) is 23.8 Å². The first-order valence-corrected chi connectivity index (χ1v) is 7.28. The van der Waals surface area contributed by atoms with E-state index < -0.39 is 5.97 Å². The van der Waals surface area contributed by atoms with Gasteiger partial charge in [-0.25, -0.2) is 4.79 Å². The van der Waals surface area contributed by atoms with Crippen LogP contribution in [0.5, 0.6) is 5.75 Å². The third-order valence-electron chi connectivity index (χ3n) is 2.87. The first kappa shape index (κ1) is 17.0. The Hall–Kier alpha value is -2.04. The Balaban J connectivity index is 2.86. The maximum atomic E-state index is 11.9. The zero-order valence-corrected chi connectivity index (χ0v) is 12.8. The summed E-state index contributed by atoms with van der Waals surface area (Å²) in [6.45, 7) is 5.82. The Kier molecular flexibility index (Phi) is 6.72. The fraction of sp³-hybridized carbons (Fsp3) is 0.500. The highest BCUT2D eigenvalue weighted by atomic mass is 16.5. The average molecular weight is 293 g/mol. The van der Waals surface area contributed by atoms with Crippen molar-refractivity contribution in [3.63, 3.8) is 0 Å². The molecule has 2 N–H and O–H groups in total. The fourth-order valence-electron chi connectivity index (χ4n) is 1.87. The van der Waals surface area contributed by atoms with Gasteiger partial charge in [-0.2, -0.15) is 0 Å². The Bertz CT molecular complexity index is 497. The van der Waals surface area contributed by atoms with Crippen LogP contribution in [0.2, 0.25) is 0 Å². The molecule has 1 rings (SSSR count). The quantitative estimate of drug-likeness (QED) is 0.717. The highest BCUT2D eigenvalue weighted by molar-refractivity contribution is 5.95.